The lowest BCUT2D eigenvalue weighted by Crippen LogP contribution is -2.41. The maximum atomic E-state index is 11.6. The molecule has 0 aliphatic heterocycles. The van der Waals surface area contributed by atoms with E-state index in [9.17, 15) is 9.59 Å². The highest BCUT2D eigenvalue weighted by Gasteiger charge is 2.15. The van der Waals surface area contributed by atoms with Crippen LogP contribution in [0.5, 0.6) is 0 Å². The van der Waals surface area contributed by atoms with Crippen molar-refractivity contribution in [3.8, 4) is 0 Å². The van der Waals surface area contributed by atoms with E-state index < -0.39 is 0 Å². The average molecular weight is 273 g/mol. The van der Waals surface area contributed by atoms with Gasteiger partial charge in [-0.25, -0.2) is 0 Å². The Morgan fingerprint density at radius 1 is 1.39 bits per heavy atom. The first kappa shape index (κ1) is 14.6. The van der Waals surface area contributed by atoms with Crippen molar-refractivity contribution in [2.75, 3.05) is 6.54 Å². The van der Waals surface area contributed by atoms with Crippen LogP contribution in [0.4, 0.5) is 0 Å². The van der Waals surface area contributed by atoms with Gasteiger partial charge in [-0.3, -0.25) is 9.59 Å². The van der Waals surface area contributed by atoms with Crippen molar-refractivity contribution < 1.29 is 14.0 Å². The van der Waals surface area contributed by atoms with Crippen LogP contribution in [0.3, 0.4) is 0 Å². The summed E-state index contributed by atoms with van der Waals surface area (Å²) >= 11 is 5.66. The second kappa shape index (κ2) is 5.91. The van der Waals surface area contributed by atoms with Crippen molar-refractivity contribution in [3.63, 3.8) is 0 Å². The molecule has 0 fully saturated rings. The van der Waals surface area contributed by atoms with E-state index >= 15 is 0 Å². The molecule has 1 heterocycles. The summed E-state index contributed by atoms with van der Waals surface area (Å²) in [6.45, 7) is 5.94. The predicted molar refractivity (Wildman–Crippen MR) is 68.6 cm³/mol. The number of amides is 2. The Morgan fingerprint density at radius 2 is 2.06 bits per heavy atom. The maximum Gasteiger partial charge on any atom is 0.256 e. The highest BCUT2D eigenvalue weighted by Crippen LogP contribution is 2.15. The predicted octanol–water partition coefficient (Wildman–Crippen LogP) is 1.97. The lowest BCUT2D eigenvalue weighted by Gasteiger charge is -2.20. The Hall–Kier alpha value is -1.49. The molecule has 0 saturated heterocycles. The molecule has 0 bridgehead atoms. The highest BCUT2D eigenvalue weighted by molar-refractivity contribution is 6.32. The fourth-order valence-corrected chi connectivity index (χ4v) is 1.52. The van der Waals surface area contributed by atoms with E-state index in [1.807, 2.05) is 20.8 Å². The first-order chi connectivity index (χ1) is 8.29. The second-order valence-electron chi connectivity index (χ2n) is 4.91. The van der Waals surface area contributed by atoms with Crippen molar-refractivity contribution in [2.45, 2.75) is 32.7 Å². The molecule has 5 nitrogen and oxygen atoms in total. The van der Waals surface area contributed by atoms with Crippen LogP contribution in [0, 0.1) is 0 Å². The van der Waals surface area contributed by atoms with Gasteiger partial charge >= 0.3 is 0 Å². The summed E-state index contributed by atoms with van der Waals surface area (Å²) in [5, 5.41) is 5.45. The zero-order valence-corrected chi connectivity index (χ0v) is 11.4. The second-order valence-corrected chi connectivity index (χ2v) is 5.26. The van der Waals surface area contributed by atoms with Crippen LogP contribution < -0.4 is 10.6 Å². The summed E-state index contributed by atoms with van der Waals surface area (Å²) in [6.07, 6.45) is 1.56. The molecule has 0 aliphatic carbocycles. The monoisotopic (exact) mass is 272 g/mol. The summed E-state index contributed by atoms with van der Waals surface area (Å²) in [5.41, 5.74) is 0.00231. The van der Waals surface area contributed by atoms with Crippen molar-refractivity contribution in [1.82, 2.24) is 10.6 Å². The topological polar surface area (TPSA) is 71.3 Å². The maximum absolute atomic E-state index is 11.6. The summed E-state index contributed by atoms with van der Waals surface area (Å²) in [4.78, 5) is 23.1. The molecule has 0 aromatic carbocycles. The summed E-state index contributed by atoms with van der Waals surface area (Å²) in [5.74, 6) is -0.460. The number of carbonyl (C=O) groups excluding carboxylic acids is 2. The fraction of sp³-hybridized carbons (Fsp3) is 0.500. The molecule has 6 heteroatoms. The molecule has 0 saturated carbocycles. The van der Waals surface area contributed by atoms with Gasteiger partial charge in [-0.1, -0.05) is 0 Å². The number of rotatable bonds is 4. The Kier molecular flexibility index (Phi) is 4.78. The van der Waals surface area contributed by atoms with Gasteiger partial charge in [0.25, 0.3) is 5.91 Å². The van der Waals surface area contributed by atoms with E-state index in [2.05, 4.69) is 10.6 Å². The Morgan fingerprint density at radius 3 is 2.56 bits per heavy atom. The van der Waals surface area contributed by atoms with Crippen LogP contribution in [-0.2, 0) is 4.79 Å². The van der Waals surface area contributed by atoms with Crippen molar-refractivity contribution >= 4 is 23.4 Å². The minimum atomic E-state index is -0.350. The molecule has 100 valence electrons. The number of hydrogen-bond acceptors (Lipinski definition) is 3. The summed E-state index contributed by atoms with van der Waals surface area (Å²) in [6, 6.07) is 1.48. The van der Waals surface area contributed by atoms with E-state index in [1.54, 1.807) is 0 Å². The Bertz CT molecular complexity index is 435. The van der Waals surface area contributed by atoms with Gasteiger partial charge in [0.15, 0.2) is 0 Å². The van der Waals surface area contributed by atoms with Gasteiger partial charge in [0.05, 0.1) is 11.8 Å². The molecule has 2 amide bonds. The van der Waals surface area contributed by atoms with Crippen LogP contribution in [0.2, 0.25) is 5.22 Å². The number of halogens is 1. The van der Waals surface area contributed by atoms with Crippen LogP contribution in [-0.4, -0.2) is 23.9 Å². The molecule has 1 aromatic heterocycles. The van der Waals surface area contributed by atoms with Crippen molar-refractivity contribution in [1.29, 1.82) is 0 Å². The minimum absolute atomic E-state index is 0.0478. The van der Waals surface area contributed by atoms with Gasteiger partial charge in [-0.2, -0.15) is 0 Å². The van der Waals surface area contributed by atoms with Crippen molar-refractivity contribution in [3.05, 3.63) is 23.1 Å². The Balaban J connectivity index is 2.33. The average Bonchev–Trinajstić information content (AvgIpc) is 2.61. The zero-order valence-electron chi connectivity index (χ0n) is 10.7. The highest BCUT2D eigenvalue weighted by atomic mass is 35.5. The van der Waals surface area contributed by atoms with Gasteiger partial charge in [0, 0.05) is 18.5 Å². The van der Waals surface area contributed by atoms with Crippen LogP contribution in [0.15, 0.2) is 16.7 Å². The largest absolute Gasteiger partial charge is 0.452 e. The zero-order chi connectivity index (χ0) is 13.8. The molecular weight excluding hydrogens is 256 g/mol. The molecule has 0 unspecified atom stereocenters. The summed E-state index contributed by atoms with van der Waals surface area (Å²) in [7, 11) is 0. The number of nitrogens with one attached hydrogen (secondary N) is 2. The molecule has 1 rings (SSSR count). The van der Waals surface area contributed by atoms with Crippen molar-refractivity contribution in [2.24, 2.45) is 0 Å². The third-order valence-corrected chi connectivity index (χ3v) is 2.31. The lowest BCUT2D eigenvalue weighted by molar-refractivity contribution is -0.122. The number of furan rings is 1. The molecular formula is C12H17ClN2O3. The van der Waals surface area contributed by atoms with Gasteiger partial charge in [0.1, 0.15) is 0 Å². The van der Waals surface area contributed by atoms with Gasteiger partial charge in [0.2, 0.25) is 11.1 Å². The standard InChI is InChI=1S/C12H17ClN2O3/c1-12(2,3)15-9(16)4-6-14-11(17)8-5-7-18-10(8)13/h5,7H,4,6H2,1-3H3,(H,14,17)(H,15,16). The first-order valence-electron chi connectivity index (χ1n) is 5.62. The molecule has 0 spiro atoms. The first-order valence-corrected chi connectivity index (χ1v) is 5.99. The van der Waals surface area contributed by atoms with E-state index in [0.29, 0.717) is 0 Å². The smallest absolute Gasteiger partial charge is 0.256 e. The molecule has 0 atom stereocenters. The lowest BCUT2D eigenvalue weighted by atomic mass is 10.1. The Labute approximate surface area is 111 Å². The molecule has 0 aliphatic rings. The van der Waals surface area contributed by atoms with E-state index in [4.69, 9.17) is 16.0 Å². The van der Waals surface area contributed by atoms with Gasteiger partial charge < -0.3 is 15.1 Å². The van der Waals surface area contributed by atoms with Crippen LogP contribution in [0.25, 0.3) is 0 Å². The normalized spacial score (nSPS) is 11.1. The van der Waals surface area contributed by atoms with Gasteiger partial charge in [-0.05, 0) is 38.4 Å². The molecule has 18 heavy (non-hydrogen) atoms. The van der Waals surface area contributed by atoms with Crippen LogP contribution >= 0.6 is 11.6 Å². The van der Waals surface area contributed by atoms with Gasteiger partial charge in [-0.15, -0.1) is 0 Å². The van der Waals surface area contributed by atoms with E-state index in [-0.39, 0.29) is 41.1 Å². The third kappa shape index (κ3) is 4.79. The third-order valence-electron chi connectivity index (χ3n) is 2.01. The SMILES string of the molecule is CC(C)(C)NC(=O)CCNC(=O)c1ccoc1Cl. The minimum Gasteiger partial charge on any atom is -0.452 e. The fourth-order valence-electron chi connectivity index (χ4n) is 1.32. The molecule has 2 N–H and O–H groups in total. The molecule has 0 radical (unpaired) electrons. The summed E-state index contributed by atoms with van der Waals surface area (Å²) < 4.78 is 4.80. The number of carbonyl (C=O) groups is 2. The van der Waals surface area contributed by atoms with E-state index in [0.717, 1.165) is 0 Å². The van der Waals surface area contributed by atoms with Crippen LogP contribution in [0.1, 0.15) is 37.6 Å². The van der Waals surface area contributed by atoms with E-state index in [1.165, 1.54) is 12.3 Å². The quantitative estimate of drug-likeness (QED) is 0.880. The molecule has 1 aromatic rings. The number of hydrogen-bond donors (Lipinski definition) is 2.